The molecule has 1 aliphatic heterocycles. The minimum absolute atomic E-state index is 0.0627. The van der Waals surface area contributed by atoms with Gasteiger partial charge in [0.1, 0.15) is 0 Å². The molecule has 2 atom stereocenters. The molecule has 1 fully saturated rings. The van der Waals surface area contributed by atoms with Crippen LogP contribution in [0.1, 0.15) is 13.8 Å². The maximum absolute atomic E-state index is 12.6. The summed E-state index contributed by atoms with van der Waals surface area (Å²) in [5.41, 5.74) is -0.236. The topological polar surface area (TPSA) is 89.8 Å². The lowest BCUT2D eigenvalue weighted by Crippen LogP contribution is -2.52. The van der Waals surface area contributed by atoms with E-state index in [0.29, 0.717) is 13.2 Å². The van der Waals surface area contributed by atoms with Gasteiger partial charge in [0.2, 0.25) is 10.0 Å². The normalized spacial score (nSPS) is 24.5. The first-order chi connectivity index (χ1) is 9.34. The van der Waals surface area contributed by atoms with Crippen LogP contribution >= 0.6 is 0 Å². The summed E-state index contributed by atoms with van der Waals surface area (Å²) in [5, 5.41) is 10.8. The lowest BCUT2D eigenvalue weighted by molar-refractivity contribution is -0.385. The fraction of sp³-hybridized carbons (Fsp3) is 0.500. The van der Waals surface area contributed by atoms with E-state index < -0.39 is 14.9 Å². The first kappa shape index (κ1) is 14.9. The highest BCUT2D eigenvalue weighted by Crippen LogP contribution is 2.26. The minimum atomic E-state index is -3.77. The van der Waals surface area contributed by atoms with Crippen molar-refractivity contribution in [3.05, 3.63) is 34.4 Å². The summed E-state index contributed by atoms with van der Waals surface area (Å²) in [5.74, 6) is 0. The lowest BCUT2D eigenvalue weighted by atomic mass is 10.2. The minimum Gasteiger partial charge on any atom is -0.378 e. The molecule has 8 heteroatoms. The molecule has 0 N–H and O–H groups in total. The van der Waals surface area contributed by atoms with E-state index in [4.69, 9.17) is 4.74 Å². The highest BCUT2D eigenvalue weighted by Gasteiger charge is 2.36. The van der Waals surface area contributed by atoms with E-state index in [9.17, 15) is 18.5 Å². The Bertz CT molecular complexity index is 606. The van der Waals surface area contributed by atoms with Gasteiger partial charge in [-0.15, -0.1) is 0 Å². The van der Waals surface area contributed by atoms with Gasteiger partial charge in [0.05, 0.1) is 23.0 Å². The summed E-state index contributed by atoms with van der Waals surface area (Å²) in [6.07, 6.45) is 0. The van der Waals surface area contributed by atoms with Crippen molar-refractivity contribution >= 4 is 15.7 Å². The number of nitro benzene ring substituents is 1. The molecule has 0 saturated carbocycles. The van der Waals surface area contributed by atoms with Gasteiger partial charge in [-0.05, 0) is 19.9 Å². The van der Waals surface area contributed by atoms with Crippen LogP contribution in [-0.4, -0.2) is 42.9 Å². The fourth-order valence-electron chi connectivity index (χ4n) is 2.34. The summed E-state index contributed by atoms with van der Waals surface area (Å²) in [7, 11) is -3.77. The average molecular weight is 300 g/mol. The van der Waals surface area contributed by atoms with Gasteiger partial charge in [-0.25, -0.2) is 8.42 Å². The molecule has 110 valence electrons. The van der Waals surface area contributed by atoms with Gasteiger partial charge in [-0.1, -0.05) is 6.07 Å². The maximum atomic E-state index is 12.6. The van der Waals surface area contributed by atoms with E-state index in [-0.39, 0.29) is 22.7 Å². The van der Waals surface area contributed by atoms with Crippen molar-refractivity contribution in [3.63, 3.8) is 0 Å². The molecule has 0 spiro atoms. The molecule has 2 rings (SSSR count). The SMILES string of the molecule is CC1COCC(C)N1S(=O)(=O)c1cccc([N+](=O)[O-])c1. The van der Waals surface area contributed by atoms with Gasteiger partial charge in [-0.2, -0.15) is 4.31 Å². The Morgan fingerprint density at radius 2 is 1.90 bits per heavy atom. The zero-order valence-corrected chi connectivity index (χ0v) is 12.0. The van der Waals surface area contributed by atoms with E-state index in [1.807, 2.05) is 0 Å². The van der Waals surface area contributed by atoms with Crippen molar-refractivity contribution in [3.8, 4) is 0 Å². The largest absolute Gasteiger partial charge is 0.378 e. The van der Waals surface area contributed by atoms with Gasteiger partial charge in [0.15, 0.2) is 0 Å². The van der Waals surface area contributed by atoms with Gasteiger partial charge >= 0.3 is 0 Å². The molecule has 1 aliphatic rings. The summed E-state index contributed by atoms with van der Waals surface area (Å²) in [6.45, 7) is 4.14. The highest BCUT2D eigenvalue weighted by molar-refractivity contribution is 7.89. The predicted molar refractivity (Wildman–Crippen MR) is 71.9 cm³/mol. The average Bonchev–Trinajstić information content (AvgIpc) is 2.38. The molecule has 0 radical (unpaired) electrons. The number of non-ortho nitro benzene ring substituents is 1. The molecule has 0 aromatic heterocycles. The predicted octanol–water partition coefficient (Wildman–Crippen LogP) is 1.39. The van der Waals surface area contributed by atoms with Crippen LogP contribution in [0.3, 0.4) is 0 Å². The first-order valence-electron chi connectivity index (χ1n) is 6.20. The molecule has 0 aliphatic carbocycles. The summed E-state index contributed by atoms with van der Waals surface area (Å²) < 4.78 is 31.9. The van der Waals surface area contributed by atoms with Crippen molar-refractivity contribution in [1.82, 2.24) is 4.31 Å². The molecular weight excluding hydrogens is 284 g/mol. The first-order valence-corrected chi connectivity index (χ1v) is 7.64. The Morgan fingerprint density at radius 3 is 2.45 bits per heavy atom. The molecule has 1 saturated heterocycles. The van der Waals surface area contributed by atoms with Gasteiger partial charge < -0.3 is 4.74 Å². The summed E-state index contributed by atoms with van der Waals surface area (Å²) >= 11 is 0. The number of hydrogen-bond acceptors (Lipinski definition) is 5. The Balaban J connectivity index is 2.44. The Kier molecular flexibility index (Phi) is 4.07. The number of nitro groups is 1. The summed E-state index contributed by atoms with van der Waals surface area (Å²) in [6, 6.07) is 4.50. The molecule has 7 nitrogen and oxygen atoms in total. The van der Waals surface area contributed by atoms with E-state index >= 15 is 0 Å². The van der Waals surface area contributed by atoms with Crippen molar-refractivity contribution in [2.75, 3.05) is 13.2 Å². The number of sulfonamides is 1. The van der Waals surface area contributed by atoms with Crippen molar-refractivity contribution in [1.29, 1.82) is 0 Å². The van der Waals surface area contributed by atoms with Crippen LogP contribution in [0.2, 0.25) is 0 Å². The number of rotatable bonds is 3. The van der Waals surface area contributed by atoms with E-state index in [1.165, 1.54) is 22.5 Å². The molecule has 2 unspecified atom stereocenters. The van der Waals surface area contributed by atoms with Crippen molar-refractivity contribution in [2.45, 2.75) is 30.8 Å². The molecule has 1 aromatic rings. The Morgan fingerprint density at radius 1 is 1.30 bits per heavy atom. The molecule has 1 heterocycles. The second-order valence-electron chi connectivity index (χ2n) is 4.82. The van der Waals surface area contributed by atoms with Crippen LogP contribution in [0.25, 0.3) is 0 Å². The van der Waals surface area contributed by atoms with Crippen LogP contribution in [0.15, 0.2) is 29.2 Å². The maximum Gasteiger partial charge on any atom is 0.270 e. The highest BCUT2D eigenvalue weighted by atomic mass is 32.2. The zero-order chi connectivity index (χ0) is 14.9. The van der Waals surface area contributed by atoms with Gasteiger partial charge in [0, 0.05) is 24.2 Å². The van der Waals surface area contributed by atoms with E-state index in [1.54, 1.807) is 13.8 Å². The Hall–Kier alpha value is -1.51. The quantitative estimate of drug-likeness (QED) is 0.621. The third-order valence-corrected chi connectivity index (χ3v) is 5.32. The number of benzene rings is 1. The number of ether oxygens (including phenoxy) is 1. The number of hydrogen-bond donors (Lipinski definition) is 0. The van der Waals surface area contributed by atoms with Gasteiger partial charge in [-0.3, -0.25) is 10.1 Å². The molecule has 0 bridgehead atoms. The standard InChI is InChI=1S/C12H16N2O5S/c1-9-7-19-8-10(2)13(9)20(17,18)12-5-3-4-11(6-12)14(15)16/h3-6,9-10H,7-8H2,1-2H3. The van der Waals surface area contributed by atoms with Crippen LogP contribution in [-0.2, 0) is 14.8 Å². The second kappa shape index (κ2) is 5.47. The number of nitrogens with zero attached hydrogens (tertiary/aromatic N) is 2. The molecule has 20 heavy (non-hydrogen) atoms. The molecule has 1 aromatic carbocycles. The monoisotopic (exact) mass is 300 g/mol. The van der Waals surface area contributed by atoms with Gasteiger partial charge in [0.25, 0.3) is 5.69 Å². The molecular formula is C12H16N2O5S. The summed E-state index contributed by atoms with van der Waals surface area (Å²) in [4.78, 5) is 10.1. The lowest BCUT2D eigenvalue weighted by Gasteiger charge is -2.37. The van der Waals surface area contributed by atoms with Crippen LogP contribution in [0.4, 0.5) is 5.69 Å². The smallest absolute Gasteiger partial charge is 0.270 e. The van der Waals surface area contributed by atoms with E-state index in [2.05, 4.69) is 0 Å². The fourth-order valence-corrected chi connectivity index (χ4v) is 4.18. The second-order valence-corrected chi connectivity index (χ2v) is 6.67. The van der Waals surface area contributed by atoms with Crippen molar-refractivity contribution in [2.24, 2.45) is 0 Å². The number of morpholine rings is 1. The third-order valence-electron chi connectivity index (χ3n) is 3.19. The third kappa shape index (κ3) is 2.67. The van der Waals surface area contributed by atoms with Crippen molar-refractivity contribution < 1.29 is 18.1 Å². The van der Waals surface area contributed by atoms with Crippen LogP contribution in [0, 0.1) is 10.1 Å². The van der Waals surface area contributed by atoms with Crippen LogP contribution in [0.5, 0.6) is 0 Å². The Labute approximate surface area is 117 Å². The molecule has 0 amide bonds. The zero-order valence-electron chi connectivity index (χ0n) is 11.2. The van der Waals surface area contributed by atoms with E-state index in [0.717, 1.165) is 6.07 Å². The van der Waals surface area contributed by atoms with Crippen LogP contribution < -0.4 is 0 Å².